The van der Waals surface area contributed by atoms with Crippen LogP contribution in [0.2, 0.25) is 0 Å². The van der Waals surface area contributed by atoms with Crippen molar-refractivity contribution in [2.45, 2.75) is 26.3 Å². The van der Waals surface area contributed by atoms with E-state index in [2.05, 4.69) is 30.6 Å². The van der Waals surface area contributed by atoms with Crippen molar-refractivity contribution in [3.05, 3.63) is 6.33 Å². The van der Waals surface area contributed by atoms with Crippen molar-refractivity contribution in [3.63, 3.8) is 0 Å². The van der Waals surface area contributed by atoms with Gasteiger partial charge in [0, 0.05) is 6.54 Å². The van der Waals surface area contributed by atoms with Crippen molar-refractivity contribution < 1.29 is 4.79 Å². The van der Waals surface area contributed by atoms with Crippen molar-refractivity contribution >= 4 is 28.8 Å². The highest BCUT2D eigenvalue weighted by Gasteiger charge is 2.15. The van der Waals surface area contributed by atoms with Crippen molar-refractivity contribution in [1.29, 1.82) is 0 Å². The largest absolute Gasteiger partial charge is 0.368 e. The summed E-state index contributed by atoms with van der Waals surface area (Å²) >= 11 is 0. The fraction of sp³-hybridized carbons (Fsp3) is 0.455. The fourth-order valence-corrected chi connectivity index (χ4v) is 1.63. The molecular weight excluding hydrogens is 246 g/mol. The highest BCUT2D eigenvalue weighted by molar-refractivity contribution is 5.88. The Morgan fingerprint density at radius 3 is 3.05 bits per heavy atom. The summed E-state index contributed by atoms with van der Waals surface area (Å²) in [4.78, 5) is 26.8. The van der Waals surface area contributed by atoms with Crippen LogP contribution in [0, 0.1) is 0 Å². The minimum absolute atomic E-state index is 0.0910. The molecule has 8 nitrogen and oxygen atoms in total. The Balaban J connectivity index is 2.16. The summed E-state index contributed by atoms with van der Waals surface area (Å²) < 4.78 is 0. The van der Waals surface area contributed by atoms with E-state index in [4.69, 9.17) is 5.73 Å². The minimum atomic E-state index is -0.424. The van der Waals surface area contributed by atoms with Crippen LogP contribution < -0.4 is 16.4 Å². The van der Waals surface area contributed by atoms with Gasteiger partial charge in [-0.1, -0.05) is 6.92 Å². The van der Waals surface area contributed by atoms with Crippen molar-refractivity contribution in [2.24, 2.45) is 0 Å². The summed E-state index contributed by atoms with van der Waals surface area (Å²) in [5.41, 5.74) is 6.70. The normalized spacial score (nSPS) is 12.3. The molecular formula is C11H17N7O. The summed E-state index contributed by atoms with van der Waals surface area (Å²) in [6, 6.07) is -0.424. The van der Waals surface area contributed by atoms with E-state index in [1.807, 2.05) is 6.92 Å². The number of aromatic amines is 1. The molecule has 2 aromatic heterocycles. The molecule has 2 heterocycles. The van der Waals surface area contributed by atoms with Gasteiger partial charge in [0.05, 0.1) is 6.33 Å². The average molecular weight is 263 g/mol. The first kappa shape index (κ1) is 13.1. The van der Waals surface area contributed by atoms with Crippen molar-refractivity contribution in [2.75, 3.05) is 17.6 Å². The van der Waals surface area contributed by atoms with Gasteiger partial charge in [-0.15, -0.1) is 0 Å². The molecule has 102 valence electrons. The second-order valence-electron chi connectivity index (χ2n) is 4.19. The van der Waals surface area contributed by atoms with Crippen LogP contribution in [0.4, 0.5) is 11.8 Å². The third-order valence-electron chi connectivity index (χ3n) is 2.60. The van der Waals surface area contributed by atoms with E-state index in [1.54, 1.807) is 6.92 Å². The predicted molar refractivity (Wildman–Crippen MR) is 72.5 cm³/mol. The smallest absolute Gasteiger partial charge is 0.242 e. The number of rotatable bonds is 5. The number of anilines is 2. The van der Waals surface area contributed by atoms with Gasteiger partial charge in [0.15, 0.2) is 11.5 Å². The molecule has 0 aliphatic heterocycles. The maximum absolute atomic E-state index is 11.8. The number of nitrogen functional groups attached to an aromatic ring is 1. The molecule has 0 saturated heterocycles. The number of nitrogens with one attached hydrogen (secondary N) is 3. The molecule has 5 N–H and O–H groups in total. The monoisotopic (exact) mass is 263 g/mol. The zero-order valence-electron chi connectivity index (χ0n) is 10.9. The third-order valence-corrected chi connectivity index (χ3v) is 2.60. The van der Waals surface area contributed by atoms with Gasteiger partial charge in [-0.2, -0.15) is 9.97 Å². The predicted octanol–water partition coefficient (Wildman–Crippen LogP) is 0.262. The summed E-state index contributed by atoms with van der Waals surface area (Å²) in [6.07, 6.45) is 2.40. The lowest BCUT2D eigenvalue weighted by atomic mass is 10.3. The van der Waals surface area contributed by atoms with Gasteiger partial charge in [0.1, 0.15) is 11.6 Å². The number of hydrogen-bond acceptors (Lipinski definition) is 6. The number of nitrogens with zero attached hydrogens (tertiary/aromatic N) is 3. The highest BCUT2D eigenvalue weighted by Crippen LogP contribution is 2.17. The molecule has 2 aromatic rings. The molecule has 2 rings (SSSR count). The van der Waals surface area contributed by atoms with Crippen molar-refractivity contribution in [3.8, 4) is 0 Å². The lowest BCUT2D eigenvalue weighted by Crippen LogP contribution is -2.38. The molecule has 0 fully saturated rings. The molecule has 0 aromatic carbocycles. The Morgan fingerprint density at radius 2 is 2.32 bits per heavy atom. The molecule has 0 radical (unpaired) electrons. The maximum Gasteiger partial charge on any atom is 0.242 e. The Bertz CT molecular complexity index is 579. The van der Waals surface area contributed by atoms with Gasteiger partial charge < -0.3 is 21.4 Å². The van der Waals surface area contributed by atoms with E-state index in [9.17, 15) is 4.79 Å². The lowest BCUT2D eigenvalue weighted by Gasteiger charge is -2.14. The number of amides is 1. The Hall–Kier alpha value is -2.38. The van der Waals surface area contributed by atoms with Crippen LogP contribution in [-0.4, -0.2) is 38.4 Å². The van der Waals surface area contributed by atoms with Gasteiger partial charge in [-0.05, 0) is 13.3 Å². The fourth-order valence-electron chi connectivity index (χ4n) is 1.63. The van der Waals surface area contributed by atoms with Gasteiger partial charge in [0.2, 0.25) is 11.9 Å². The molecule has 1 atom stereocenters. The minimum Gasteiger partial charge on any atom is -0.368 e. The molecule has 0 saturated carbocycles. The number of fused-ring (bicyclic) bond motifs is 1. The Labute approximate surface area is 110 Å². The first-order chi connectivity index (χ1) is 9.11. The van der Waals surface area contributed by atoms with E-state index in [0.717, 1.165) is 6.42 Å². The molecule has 1 unspecified atom stereocenters. The highest BCUT2D eigenvalue weighted by atomic mass is 16.2. The quantitative estimate of drug-likeness (QED) is 0.614. The third kappa shape index (κ3) is 2.90. The molecule has 8 heteroatoms. The number of carbonyl (C=O) groups is 1. The number of imidazole rings is 1. The van der Waals surface area contributed by atoms with Gasteiger partial charge >= 0.3 is 0 Å². The lowest BCUT2D eigenvalue weighted by molar-refractivity contribution is -0.121. The van der Waals surface area contributed by atoms with Crippen LogP contribution >= 0.6 is 0 Å². The van der Waals surface area contributed by atoms with Crippen LogP contribution in [0.5, 0.6) is 0 Å². The van der Waals surface area contributed by atoms with Gasteiger partial charge in [-0.25, -0.2) is 4.98 Å². The van der Waals surface area contributed by atoms with E-state index >= 15 is 0 Å². The second kappa shape index (κ2) is 5.51. The number of aromatic nitrogens is 4. The second-order valence-corrected chi connectivity index (χ2v) is 4.19. The summed E-state index contributed by atoms with van der Waals surface area (Å²) in [5, 5.41) is 5.81. The molecule has 0 aliphatic carbocycles. The Morgan fingerprint density at radius 1 is 1.53 bits per heavy atom. The average Bonchev–Trinajstić information content (AvgIpc) is 2.83. The number of nitrogens with two attached hydrogens (primary N) is 1. The molecule has 0 spiro atoms. The van der Waals surface area contributed by atoms with E-state index in [1.165, 1.54) is 6.33 Å². The van der Waals surface area contributed by atoms with Crippen LogP contribution in [0.25, 0.3) is 11.2 Å². The molecule has 0 bridgehead atoms. The summed E-state index contributed by atoms with van der Waals surface area (Å²) in [6.45, 7) is 4.40. The van der Waals surface area contributed by atoms with Crippen LogP contribution in [-0.2, 0) is 4.79 Å². The van der Waals surface area contributed by atoms with E-state index in [-0.39, 0.29) is 11.9 Å². The van der Waals surface area contributed by atoms with Crippen molar-refractivity contribution in [1.82, 2.24) is 25.3 Å². The SMILES string of the molecule is CCCNC(=O)C(C)Nc1nc(N)nc2nc[nH]c12. The zero-order chi connectivity index (χ0) is 13.8. The van der Waals surface area contributed by atoms with Gasteiger partial charge in [0.25, 0.3) is 0 Å². The number of H-pyrrole nitrogens is 1. The van der Waals surface area contributed by atoms with Crippen LogP contribution in [0.3, 0.4) is 0 Å². The maximum atomic E-state index is 11.8. The first-order valence-corrected chi connectivity index (χ1v) is 6.12. The number of hydrogen-bond donors (Lipinski definition) is 4. The van der Waals surface area contributed by atoms with E-state index in [0.29, 0.717) is 23.5 Å². The Kier molecular flexibility index (Phi) is 3.79. The molecule has 1 amide bonds. The summed E-state index contributed by atoms with van der Waals surface area (Å²) in [5.74, 6) is 0.495. The number of carbonyl (C=O) groups excluding carboxylic acids is 1. The zero-order valence-corrected chi connectivity index (χ0v) is 10.9. The standard InChI is InChI=1S/C11H17N7O/c1-3-4-13-10(19)6(2)16-9-7-8(15-5-14-7)17-11(12)18-9/h5-6H,3-4H2,1-2H3,(H,13,19)(H4,12,14,15,16,17,18). The van der Waals surface area contributed by atoms with E-state index < -0.39 is 6.04 Å². The topological polar surface area (TPSA) is 122 Å². The van der Waals surface area contributed by atoms with Crippen LogP contribution in [0.15, 0.2) is 6.33 Å². The van der Waals surface area contributed by atoms with Gasteiger partial charge in [-0.3, -0.25) is 4.79 Å². The summed E-state index contributed by atoms with van der Waals surface area (Å²) in [7, 11) is 0. The van der Waals surface area contributed by atoms with Crippen LogP contribution in [0.1, 0.15) is 20.3 Å². The molecule has 19 heavy (non-hydrogen) atoms. The molecule has 0 aliphatic rings. The first-order valence-electron chi connectivity index (χ1n) is 6.12.